The fraction of sp³-hybridized carbons (Fsp3) is 0.500. The monoisotopic (exact) mass is 220 g/mol. The molecule has 0 atom stereocenters. The molecule has 0 bridgehead atoms. The SMILES string of the molecule is CCNCc1nnn(C)c1-c1ccnn1C. The number of hydrogen-bond donors (Lipinski definition) is 1. The van der Waals surface area contributed by atoms with Crippen molar-refractivity contribution in [1.29, 1.82) is 0 Å². The highest BCUT2D eigenvalue weighted by atomic mass is 15.4. The van der Waals surface area contributed by atoms with Crippen molar-refractivity contribution >= 4 is 0 Å². The zero-order valence-corrected chi connectivity index (χ0v) is 9.80. The normalized spacial score (nSPS) is 10.9. The summed E-state index contributed by atoms with van der Waals surface area (Å²) < 4.78 is 3.61. The van der Waals surface area contributed by atoms with E-state index in [1.165, 1.54) is 0 Å². The van der Waals surface area contributed by atoms with Gasteiger partial charge in [0.2, 0.25) is 0 Å². The highest BCUT2D eigenvalue weighted by molar-refractivity contribution is 5.57. The maximum Gasteiger partial charge on any atom is 0.111 e. The second-order valence-corrected chi connectivity index (χ2v) is 3.63. The molecule has 0 unspecified atom stereocenters. The molecule has 2 heterocycles. The van der Waals surface area contributed by atoms with E-state index in [1.54, 1.807) is 10.9 Å². The summed E-state index contributed by atoms with van der Waals surface area (Å²) >= 11 is 0. The van der Waals surface area contributed by atoms with Gasteiger partial charge in [0.15, 0.2) is 0 Å². The van der Waals surface area contributed by atoms with E-state index in [-0.39, 0.29) is 0 Å². The van der Waals surface area contributed by atoms with Crippen LogP contribution < -0.4 is 5.32 Å². The molecule has 1 N–H and O–H groups in total. The molecule has 0 fully saturated rings. The quantitative estimate of drug-likeness (QED) is 0.806. The van der Waals surface area contributed by atoms with Crippen molar-refractivity contribution in [2.75, 3.05) is 6.54 Å². The van der Waals surface area contributed by atoms with Gasteiger partial charge >= 0.3 is 0 Å². The summed E-state index contributed by atoms with van der Waals surface area (Å²) in [6.07, 6.45) is 1.78. The van der Waals surface area contributed by atoms with E-state index in [0.29, 0.717) is 0 Å². The zero-order valence-electron chi connectivity index (χ0n) is 9.80. The van der Waals surface area contributed by atoms with E-state index in [1.807, 2.05) is 24.8 Å². The van der Waals surface area contributed by atoms with E-state index in [9.17, 15) is 0 Å². The predicted octanol–water partition coefficient (Wildman–Crippen LogP) is 0.325. The molecule has 86 valence electrons. The van der Waals surface area contributed by atoms with Crippen LogP contribution in [0.15, 0.2) is 12.3 Å². The number of aromatic nitrogens is 5. The van der Waals surface area contributed by atoms with Crippen molar-refractivity contribution in [3.63, 3.8) is 0 Å². The molecule has 2 rings (SSSR count). The van der Waals surface area contributed by atoms with Crippen LogP contribution in [0.1, 0.15) is 12.6 Å². The molecule has 6 nitrogen and oxygen atoms in total. The van der Waals surface area contributed by atoms with Crippen molar-refractivity contribution in [2.24, 2.45) is 14.1 Å². The highest BCUT2D eigenvalue weighted by Gasteiger charge is 2.14. The van der Waals surface area contributed by atoms with E-state index >= 15 is 0 Å². The molecular weight excluding hydrogens is 204 g/mol. The van der Waals surface area contributed by atoms with Gasteiger partial charge in [0.25, 0.3) is 0 Å². The lowest BCUT2D eigenvalue weighted by Crippen LogP contribution is -2.13. The van der Waals surface area contributed by atoms with Crippen molar-refractivity contribution in [2.45, 2.75) is 13.5 Å². The third-order valence-corrected chi connectivity index (χ3v) is 2.50. The molecular formula is C10H16N6. The van der Waals surface area contributed by atoms with Crippen LogP contribution in [0.25, 0.3) is 11.4 Å². The number of aryl methyl sites for hydroxylation is 2. The smallest absolute Gasteiger partial charge is 0.111 e. The second-order valence-electron chi connectivity index (χ2n) is 3.63. The zero-order chi connectivity index (χ0) is 11.5. The van der Waals surface area contributed by atoms with Gasteiger partial charge in [-0.25, -0.2) is 4.68 Å². The van der Waals surface area contributed by atoms with Crippen LogP contribution in [-0.4, -0.2) is 31.3 Å². The van der Waals surface area contributed by atoms with Crippen molar-refractivity contribution < 1.29 is 0 Å². The van der Waals surface area contributed by atoms with Crippen LogP contribution >= 0.6 is 0 Å². The summed E-state index contributed by atoms with van der Waals surface area (Å²) in [5.41, 5.74) is 2.99. The minimum absolute atomic E-state index is 0.727. The molecule has 2 aromatic rings. The summed E-state index contributed by atoms with van der Waals surface area (Å²) in [6, 6.07) is 1.97. The van der Waals surface area contributed by atoms with Crippen LogP contribution in [0.4, 0.5) is 0 Å². The van der Waals surface area contributed by atoms with Crippen LogP contribution in [0.5, 0.6) is 0 Å². The lowest BCUT2D eigenvalue weighted by molar-refractivity contribution is 0.695. The molecule has 0 saturated heterocycles. The largest absolute Gasteiger partial charge is 0.311 e. The summed E-state index contributed by atoms with van der Waals surface area (Å²) in [7, 11) is 3.81. The summed E-state index contributed by atoms with van der Waals surface area (Å²) in [6.45, 7) is 3.71. The van der Waals surface area contributed by atoms with Crippen LogP contribution in [-0.2, 0) is 20.6 Å². The highest BCUT2D eigenvalue weighted by Crippen LogP contribution is 2.20. The Bertz CT molecular complexity index is 469. The van der Waals surface area contributed by atoms with Gasteiger partial charge in [0.1, 0.15) is 11.4 Å². The fourth-order valence-electron chi connectivity index (χ4n) is 1.68. The van der Waals surface area contributed by atoms with Crippen LogP contribution in [0.2, 0.25) is 0 Å². The fourth-order valence-corrected chi connectivity index (χ4v) is 1.68. The van der Waals surface area contributed by atoms with Gasteiger partial charge in [0.05, 0.1) is 5.69 Å². The Morgan fingerprint density at radius 3 is 2.75 bits per heavy atom. The first kappa shape index (κ1) is 10.8. The number of nitrogens with zero attached hydrogens (tertiary/aromatic N) is 5. The van der Waals surface area contributed by atoms with Gasteiger partial charge in [-0.1, -0.05) is 12.1 Å². The lowest BCUT2D eigenvalue weighted by atomic mass is 10.2. The minimum Gasteiger partial charge on any atom is -0.311 e. The third kappa shape index (κ3) is 1.83. The Morgan fingerprint density at radius 1 is 1.31 bits per heavy atom. The van der Waals surface area contributed by atoms with Gasteiger partial charge in [-0.05, 0) is 12.6 Å². The van der Waals surface area contributed by atoms with Crippen LogP contribution in [0, 0.1) is 0 Å². The van der Waals surface area contributed by atoms with Gasteiger partial charge in [-0.15, -0.1) is 5.10 Å². The average molecular weight is 220 g/mol. The average Bonchev–Trinajstić information content (AvgIpc) is 2.82. The Hall–Kier alpha value is -1.69. The van der Waals surface area contributed by atoms with Gasteiger partial charge in [-0.3, -0.25) is 4.68 Å². The number of rotatable bonds is 4. The molecule has 2 aromatic heterocycles. The van der Waals surface area contributed by atoms with E-state index < -0.39 is 0 Å². The maximum absolute atomic E-state index is 4.16. The lowest BCUT2D eigenvalue weighted by Gasteiger charge is -2.05. The number of hydrogen-bond acceptors (Lipinski definition) is 4. The maximum atomic E-state index is 4.16. The van der Waals surface area contributed by atoms with Crippen molar-refractivity contribution in [3.8, 4) is 11.4 Å². The Kier molecular flexibility index (Phi) is 3.00. The molecule has 0 aliphatic carbocycles. The Balaban J connectivity index is 2.39. The number of nitrogens with one attached hydrogen (secondary N) is 1. The minimum atomic E-state index is 0.727. The molecule has 16 heavy (non-hydrogen) atoms. The summed E-state index contributed by atoms with van der Waals surface area (Å²) in [4.78, 5) is 0. The first-order chi connectivity index (χ1) is 7.74. The van der Waals surface area contributed by atoms with E-state index in [4.69, 9.17) is 0 Å². The molecule has 0 amide bonds. The summed E-state index contributed by atoms with van der Waals surface area (Å²) in [5.74, 6) is 0. The van der Waals surface area contributed by atoms with Gasteiger partial charge < -0.3 is 5.32 Å². The Morgan fingerprint density at radius 2 is 2.12 bits per heavy atom. The molecule has 6 heteroatoms. The van der Waals surface area contributed by atoms with Gasteiger partial charge in [-0.2, -0.15) is 5.10 Å². The second kappa shape index (κ2) is 4.44. The standard InChI is InChI=1S/C10H16N6/c1-4-11-7-8-10(16(3)14-13-8)9-5-6-12-15(9)2/h5-6,11H,4,7H2,1-3H3. The van der Waals surface area contributed by atoms with Crippen molar-refractivity contribution in [3.05, 3.63) is 18.0 Å². The summed E-state index contributed by atoms with van der Waals surface area (Å²) in [5, 5.41) is 15.6. The first-order valence-electron chi connectivity index (χ1n) is 5.31. The molecule has 0 saturated carbocycles. The van der Waals surface area contributed by atoms with Crippen LogP contribution in [0.3, 0.4) is 0 Å². The predicted molar refractivity (Wildman–Crippen MR) is 60.6 cm³/mol. The molecule has 0 spiro atoms. The molecule has 0 aromatic carbocycles. The molecule has 0 aliphatic heterocycles. The van der Waals surface area contributed by atoms with E-state index in [0.717, 1.165) is 30.2 Å². The van der Waals surface area contributed by atoms with Crippen molar-refractivity contribution in [1.82, 2.24) is 30.1 Å². The third-order valence-electron chi connectivity index (χ3n) is 2.50. The van der Waals surface area contributed by atoms with E-state index in [2.05, 4.69) is 27.7 Å². The Labute approximate surface area is 94.3 Å². The molecule has 0 aliphatic rings. The first-order valence-corrected chi connectivity index (χ1v) is 5.31. The topological polar surface area (TPSA) is 60.6 Å². The molecule has 0 radical (unpaired) electrons. The van der Waals surface area contributed by atoms with Gasteiger partial charge in [0, 0.05) is 26.8 Å².